The van der Waals surface area contributed by atoms with Crippen molar-refractivity contribution in [1.82, 2.24) is 5.32 Å². The molecule has 0 unspecified atom stereocenters. The summed E-state index contributed by atoms with van der Waals surface area (Å²) in [6.07, 6.45) is 3.87. The van der Waals surface area contributed by atoms with Crippen molar-refractivity contribution in [2.75, 3.05) is 11.9 Å². The number of carbonyl (C=O) groups is 2. The highest BCUT2D eigenvalue weighted by Gasteiger charge is 2.27. The monoisotopic (exact) mass is 456 g/mol. The van der Waals surface area contributed by atoms with E-state index in [4.69, 9.17) is 40.2 Å². The van der Waals surface area contributed by atoms with E-state index >= 15 is 0 Å². The molecule has 5 nitrogen and oxygen atoms in total. The van der Waals surface area contributed by atoms with Crippen molar-refractivity contribution in [3.63, 3.8) is 0 Å². The van der Waals surface area contributed by atoms with E-state index in [1.54, 1.807) is 25.1 Å². The van der Waals surface area contributed by atoms with Gasteiger partial charge in [-0.05, 0) is 62.5 Å². The number of hydrogen-bond donors (Lipinski definition) is 2. The molecule has 1 amide bonds. The fourth-order valence-electron chi connectivity index (χ4n) is 3.06. The maximum Gasteiger partial charge on any atom is 0.341 e. The summed E-state index contributed by atoms with van der Waals surface area (Å²) in [6.45, 7) is 2.06. The van der Waals surface area contributed by atoms with Crippen molar-refractivity contribution < 1.29 is 14.3 Å². The Bertz CT molecular complexity index is 944. The van der Waals surface area contributed by atoms with E-state index in [0.29, 0.717) is 10.6 Å². The number of amides is 1. The third-order valence-electron chi connectivity index (χ3n) is 4.30. The number of aryl methyl sites for hydroxylation is 1. The maximum atomic E-state index is 12.5. The first-order valence-corrected chi connectivity index (χ1v) is 10.8. The number of ether oxygens (including phenoxy) is 1. The lowest BCUT2D eigenvalue weighted by molar-refractivity contribution is 0.0526. The Kier molecular flexibility index (Phi) is 6.93. The number of hydrogen-bond acceptors (Lipinski definition) is 5. The molecule has 1 heterocycles. The number of carbonyl (C=O) groups excluding carboxylic acids is 2. The van der Waals surface area contributed by atoms with Crippen molar-refractivity contribution in [2.45, 2.75) is 32.6 Å². The quantitative estimate of drug-likeness (QED) is 0.486. The molecule has 9 heteroatoms. The minimum atomic E-state index is -0.482. The van der Waals surface area contributed by atoms with E-state index in [0.717, 1.165) is 36.1 Å². The average Bonchev–Trinajstić information content (AvgIpc) is 3.01. The van der Waals surface area contributed by atoms with Gasteiger partial charge in [-0.15, -0.1) is 11.3 Å². The van der Waals surface area contributed by atoms with Crippen LogP contribution in [0.3, 0.4) is 0 Å². The largest absolute Gasteiger partial charge is 0.462 e. The van der Waals surface area contributed by atoms with E-state index in [1.165, 1.54) is 11.3 Å². The molecular weight excluding hydrogens is 439 g/mol. The van der Waals surface area contributed by atoms with Gasteiger partial charge in [0.2, 0.25) is 0 Å². The lowest BCUT2D eigenvalue weighted by Crippen LogP contribution is -2.34. The average molecular weight is 457 g/mol. The Morgan fingerprint density at radius 2 is 2.00 bits per heavy atom. The summed E-state index contributed by atoms with van der Waals surface area (Å²) in [7, 11) is 0. The molecule has 0 radical (unpaired) electrons. The molecule has 0 bridgehead atoms. The number of halogens is 2. The van der Waals surface area contributed by atoms with E-state index in [2.05, 4.69) is 10.6 Å². The van der Waals surface area contributed by atoms with Gasteiger partial charge in [0.05, 0.1) is 27.8 Å². The lowest BCUT2D eigenvalue weighted by atomic mass is 9.95. The summed E-state index contributed by atoms with van der Waals surface area (Å²) < 4.78 is 5.22. The molecule has 148 valence electrons. The third-order valence-corrected chi connectivity index (χ3v) is 6.53. The molecule has 1 aliphatic rings. The second-order valence-corrected chi connectivity index (χ2v) is 8.44. The number of fused-ring (bicyclic) bond motifs is 1. The van der Waals surface area contributed by atoms with Crippen LogP contribution in [-0.4, -0.2) is 23.6 Å². The molecule has 0 saturated carbocycles. The van der Waals surface area contributed by atoms with E-state index in [9.17, 15) is 9.59 Å². The smallest absolute Gasteiger partial charge is 0.341 e. The zero-order valence-electron chi connectivity index (χ0n) is 15.1. The van der Waals surface area contributed by atoms with Crippen molar-refractivity contribution in [3.05, 3.63) is 49.8 Å². The Balaban J connectivity index is 1.80. The number of esters is 1. The zero-order valence-corrected chi connectivity index (χ0v) is 18.2. The van der Waals surface area contributed by atoms with Crippen molar-refractivity contribution >= 4 is 68.7 Å². The fourth-order valence-corrected chi connectivity index (χ4v) is 4.98. The molecular formula is C19H18Cl2N2O3S2. The molecule has 1 aromatic heterocycles. The van der Waals surface area contributed by atoms with Crippen LogP contribution >= 0.6 is 46.8 Å². The van der Waals surface area contributed by atoms with Crippen molar-refractivity contribution in [3.8, 4) is 0 Å². The number of rotatable bonds is 4. The molecule has 28 heavy (non-hydrogen) atoms. The second kappa shape index (κ2) is 9.22. The topological polar surface area (TPSA) is 67.4 Å². The fraction of sp³-hybridized carbons (Fsp3) is 0.316. The third kappa shape index (κ3) is 4.49. The summed E-state index contributed by atoms with van der Waals surface area (Å²) in [5.41, 5.74) is 1.75. The van der Waals surface area contributed by atoms with Crippen LogP contribution in [-0.2, 0) is 17.6 Å². The van der Waals surface area contributed by atoms with Gasteiger partial charge in [-0.3, -0.25) is 10.1 Å². The predicted molar refractivity (Wildman–Crippen MR) is 117 cm³/mol. The molecule has 0 saturated heterocycles. The summed E-state index contributed by atoms with van der Waals surface area (Å²) in [5.74, 6) is -0.861. The molecule has 2 aromatic rings. The maximum absolute atomic E-state index is 12.5. The van der Waals surface area contributed by atoms with Crippen LogP contribution in [0.25, 0.3) is 0 Å². The highest BCUT2D eigenvalue weighted by Crippen LogP contribution is 2.38. The first-order chi connectivity index (χ1) is 13.4. The van der Waals surface area contributed by atoms with Crippen LogP contribution in [0.4, 0.5) is 5.00 Å². The summed E-state index contributed by atoms with van der Waals surface area (Å²) in [6, 6.07) is 4.78. The standard InChI is InChI=1S/C19H18Cl2N2O3S2/c1-2-26-18(25)14-10-6-3-4-9-13(10)28-17(14)23-19(27)22-16(24)11-7-5-8-12(20)15(11)21/h5,7-8H,2-4,6,9H2,1H3,(H2,22,23,24,27). The Morgan fingerprint density at radius 3 is 2.75 bits per heavy atom. The Hall–Kier alpha value is -1.67. The SMILES string of the molecule is CCOC(=O)c1c(NC(=S)NC(=O)c2cccc(Cl)c2Cl)sc2c1CCCC2. The number of thiocarbonyl (C=S) groups is 1. The highest BCUT2D eigenvalue weighted by atomic mass is 35.5. The molecule has 3 rings (SSSR count). The minimum absolute atomic E-state index is 0.0742. The van der Waals surface area contributed by atoms with E-state index in [1.807, 2.05) is 0 Å². The summed E-state index contributed by atoms with van der Waals surface area (Å²) in [5, 5.41) is 6.67. The van der Waals surface area contributed by atoms with Gasteiger partial charge in [-0.25, -0.2) is 4.79 Å². The van der Waals surface area contributed by atoms with Crippen LogP contribution < -0.4 is 10.6 Å². The van der Waals surface area contributed by atoms with Gasteiger partial charge in [0, 0.05) is 4.88 Å². The van der Waals surface area contributed by atoms with Crippen LogP contribution in [0.15, 0.2) is 18.2 Å². The first-order valence-electron chi connectivity index (χ1n) is 8.80. The van der Waals surface area contributed by atoms with Crippen LogP contribution in [0.1, 0.15) is 50.9 Å². The molecule has 0 fully saturated rings. The number of thiophene rings is 1. The summed E-state index contributed by atoms with van der Waals surface area (Å²) in [4.78, 5) is 26.1. The molecule has 1 aromatic carbocycles. The van der Waals surface area contributed by atoms with Crippen LogP contribution in [0, 0.1) is 0 Å². The highest BCUT2D eigenvalue weighted by molar-refractivity contribution is 7.80. The van der Waals surface area contributed by atoms with Crippen molar-refractivity contribution in [2.24, 2.45) is 0 Å². The predicted octanol–water partition coefficient (Wildman–Crippen LogP) is 5.24. The minimum Gasteiger partial charge on any atom is -0.462 e. The zero-order chi connectivity index (χ0) is 20.3. The van der Waals surface area contributed by atoms with Crippen molar-refractivity contribution in [1.29, 1.82) is 0 Å². The normalized spacial score (nSPS) is 12.8. The number of benzene rings is 1. The number of nitrogens with one attached hydrogen (secondary N) is 2. The van der Waals surface area contributed by atoms with E-state index in [-0.39, 0.29) is 33.3 Å². The Morgan fingerprint density at radius 1 is 1.25 bits per heavy atom. The van der Waals surface area contributed by atoms with Gasteiger partial charge in [0.25, 0.3) is 5.91 Å². The molecule has 0 aliphatic heterocycles. The van der Waals surface area contributed by atoms with Gasteiger partial charge >= 0.3 is 5.97 Å². The van der Waals surface area contributed by atoms with Gasteiger partial charge in [-0.2, -0.15) is 0 Å². The van der Waals surface area contributed by atoms with Gasteiger partial charge < -0.3 is 10.1 Å². The lowest BCUT2D eigenvalue weighted by Gasteiger charge is -2.13. The molecule has 1 aliphatic carbocycles. The first kappa shape index (κ1) is 21.0. The van der Waals surface area contributed by atoms with Crippen LogP contribution in [0.5, 0.6) is 0 Å². The Labute approximate surface area is 182 Å². The molecule has 0 atom stereocenters. The van der Waals surface area contributed by atoms with Gasteiger partial charge in [-0.1, -0.05) is 29.3 Å². The molecule has 2 N–H and O–H groups in total. The van der Waals surface area contributed by atoms with Crippen LogP contribution in [0.2, 0.25) is 10.0 Å². The second-order valence-electron chi connectivity index (χ2n) is 6.15. The van der Waals surface area contributed by atoms with Gasteiger partial charge in [0.1, 0.15) is 5.00 Å². The van der Waals surface area contributed by atoms with Gasteiger partial charge in [0.15, 0.2) is 5.11 Å². The van der Waals surface area contributed by atoms with E-state index < -0.39 is 5.91 Å². The molecule has 0 spiro atoms. The summed E-state index contributed by atoms with van der Waals surface area (Å²) >= 11 is 18.8. The number of anilines is 1.